The number of aromatic amines is 1. The van der Waals surface area contributed by atoms with E-state index in [1.807, 2.05) is 0 Å². The van der Waals surface area contributed by atoms with Crippen molar-refractivity contribution in [3.05, 3.63) is 40.0 Å². The summed E-state index contributed by atoms with van der Waals surface area (Å²) in [7, 11) is 0. The summed E-state index contributed by atoms with van der Waals surface area (Å²) in [4.78, 5) is 7.67. The maximum absolute atomic E-state index is 13.6. The Hall–Kier alpha value is -1.10. The molecule has 0 bridgehead atoms. The first kappa shape index (κ1) is 14.8. The third-order valence-corrected chi connectivity index (χ3v) is 4.39. The molecule has 3 rings (SSSR count). The van der Waals surface area contributed by atoms with Gasteiger partial charge in [0.1, 0.15) is 11.6 Å². The number of halogens is 3. The molecule has 2 aromatic rings. The Balaban J connectivity index is 1.89. The van der Waals surface area contributed by atoms with Gasteiger partial charge in [0.05, 0.1) is 28.0 Å². The molecule has 0 spiro atoms. The van der Waals surface area contributed by atoms with Crippen LogP contribution in [0.25, 0.3) is 11.3 Å². The fourth-order valence-electron chi connectivity index (χ4n) is 2.64. The highest BCUT2D eigenvalue weighted by Crippen LogP contribution is 2.32. The molecule has 112 valence electrons. The lowest BCUT2D eigenvalue weighted by atomic mass is 10.1. The van der Waals surface area contributed by atoms with Gasteiger partial charge in [-0.15, -0.1) is 0 Å². The van der Waals surface area contributed by atoms with Crippen LogP contribution in [0.3, 0.4) is 0 Å². The summed E-state index contributed by atoms with van der Waals surface area (Å²) in [6, 6.07) is 2.97. The third-order valence-electron chi connectivity index (χ3n) is 3.79. The van der Waals surface area contributed by atoms with E-state index in [9.17, 15) is 4.39 Å². The lowest BCUT2D eigenvalue weighted by molar-refractivity contribution is 0.512. The van der Waals surface area contributed by atoms with E-state index in [1.165, 1.54) is 31.4 Å². The molecule has 1 fully saturated rings. The largest absolute Gasteiger partial charge is 0.341 e. The zero-order chi connectivity index (χ0) is 14.8. The summed E-state index contributed by atoms with van der Waals surface area (Å²) in [5.41, 5.74) is 1.28. The SMILES string of the molecule is Fc1cc(-c2cnc(C3CCCCCN3)[nH]2)c(Cl)cc1Cl. The molecule has 1 aromatic heterocycles. The number of rotatable bonds is 2. The molecule has 1 atom stereocenters. The van der Waals surface area contributed by atoms with E-state index in [2.05, 4.69) is 15.3 Å². The fourth-order valence-corrected chi connectivity index (χ4v) is 3.13. The standard InChI is InChI=1S/C15H16Cl2FN3/c16-10-7-11(17)12(18)6-9(10)14-8-20-15(21-14)13-4-2-1-3-5-19-13/h6-8,13,19H,1-5H2,(H,20,21). The van der Waals surface area contributed by atoms with E-state index in [1.54, 1.807) is 6.20 Å². The van der Waals surface area contributed by atoms with Gasteiger partial charge < -0.3 is 10.3 Å². The predicted octanol–water partition coefficient (Wildman–Crippen LogP) is 4.73. The van der Waals surface area contributed by atoms with Crippen molar-refractivity contribution in [1.29, 1.82) is 0 Å². The van der Waals surface area contributed by atoms with Crippen molar-refractivity contribution >= 4 is 23.2 Å². The monoisotopic (exact) mass is 327 g/mol. The lowest BCUT2D eigenvalue weighted by Gasteiger charge is -2.12. The molecule has 1 unspecified atom stereocenters. The molecule has 1 aliphatic heterocycles. The van der Waals surface area contributed by atoms with Crippen LogP contribution in [0.4, 0.5) is 4.39 Å². The summed E-state index contributed by atoms with van der Waals surface area (Å²) in [5.74, 6) is 0.387. The van der Waals surface area contributed by atoms with Gasteiger partial charge in [-0.2, -0.15) is 0 Å². The van der Waals surface area contributed by atoms with Gasteiger partial charge in [0.2, 0.25) is 0 Å². The zero-order valence-corrected chi connectivity index (χ0v) is 12.9. The zero-order valence-electron chi connectivity index (χ0n) is 11.4. The van der Waals surface area contributed by atoms with Crippen molar-refractivity contribution in [2.75, 3.05) is 6.54 Å². The van der Waals surface area contributed by atoms with E-state index >= 15 is 0 Å². The number of hydrogen-bond acceptors (Lipinski definition) is 2. The molecule has 0 radical (unpaired) electrons. The minimum Gasteiger partial charge on any atom is -0.341 e. The molecule has 2 N–H and O–H groups in total. The second-order valence-electron chi connectivity index (χ2n) is 5.28. The van der Waals surface area contributed by atoms with Gasteiger partial charge in [0, 0.05) is 5.56 Å². The topological polar surface area (TPSA) is 40.7 Å². The van der Waals surface area contributed by atoms with E-state index in [4.69, 9.17) is 23.2 Å². The Morgan fingerprint density at radius 2 is 2.00 bits per heavy atom. The van der Waals surface area contributed by atoms with Crippen molar-refractivity contribution < 1.29 is 4.39 Å². The second-order valence-corrected chi connectivity index (χ2v) is 6.10. The molecule has 2 heterocycles. The average Bonchev–Trinajstić information content (AvgIpc) is 2.78. The number of benzene rings is 1. The molecular formula is C15H16Cl2FN3. The Labute approximate surface area is 132 Å². The number of H-pyrrole nitrogens is 1. The van der Waals surface area contributed by atoms with E-state index in [0.29, 0.717) is 16.3 Å². The molecule has 3 nitrogen and oxygen atoms in total. The Bertz CT molecular complexity index is 634. The van der Waals surface area contributed by atoms with Gasteiger partial charge in [-0.05, 0) is 31.5 Å². The van der Waals surface area contributed by atoms with Crippen molar-refractivity contribution in [1.82, 2.24) is 15.3 Å². The van der Waals surface area contributed by atoms with Gasteiger partial charge >= 0.3 is 0 Å². The van der Waals surface area contributed by atoms with Gasteiger partial charge in [0.25, 0.3) is 0 Å². The van der Waals surface area contributed by atoms with Crippen LogP contribution in [0, 0.1) is 5.82 Å². The van der Waals surface area contributed by atoms with E-state index in [0.717, 1.165) is 18.8 Å². The van der Waals surface area contributed by atoms with Crippen molar-refractivity contribution in [3.8, 4) is 11.3 Å². The molecule has 0 saturated carbocycles. The minimum absolute atomic E-state index is 0.0222. The van der Waals surface area contributed by atoms with Gasteiger partial charge in [-0.25, -0.2) is 9.37 Å². The van der Waals surface area contributed by atoms with Gasteiger partial charge in [-0.1, -0.05) is 36.0 Å². The number of imidazole rings is 1. The normalized spacial score (nSPS) is 19.5. The Kier molecular flexibility index (Phi) is 4.48. The maximum Gasteiger partial charge on any atom is 0.142 e. The lowest BCUT2D eigenvalue weighted by Crippen LogP contribution is -2.21. The molecule has 0 aliphatic carbocycles. The van der Waals surface area contributed by atoms with Gasteiger partial charge in [-0.3, -0.25) is 0 Å². The van der Waals surface area contributed by atoms with Crippen LogP contribution in [-0.4, -0.2) is 16.5 Å². The van der Waals surface area contributed by atoms with Crippen molar-refractivity contribution in [2.45, 2.75) is 31.7 Å². The van der Waals surface area contributed by atoms with E-state index < -0.39 is 5.82 Å². The maximum atomic E-state index is 13.6. The average molecular weight is 328 g/mol. The van der Waals surface area contributed by atoms with Crippen LogP contribution in [-0.2, 0) is 0 Å². The van der Waals surface area contributed by atoms with Crippen molar-refractivity contribution in [2.24, 2.45) is 0 Å². The molecule has 6 heteroatoms. The van der Waals surface area contributed by atoms with Crippen LogP contribution in [0.2, 0.25) is 10.0 Å². The van der Waals surface area contributed by atoms with Crippen LogP contribution < -0.4 is 5.32 Å². The smallest absolute Gasteiger partial charge is 0.142 e. The highest BCUT2D eigenvalue weighted by Gasteiger charge is 2.18. The quantitative estimate of drug-likeness (QED) is 0.783. The molecule has 1 aliphatic rings. The summed E-state index contributed by atoms with van der Waals surface area (Å²) < 4.78 is 13.6. The number of nitrogens with one attached hydrogen (secondary N) is 2. The second kappa shape index (κ2) is 6.34. The molecular weight excluding hydrogens is 312 g/mol. The number of nitrogens with zero attached hydrogens (tertiary/aromatic N) is 1. The Morgan fingerprint density at radius 1 is 1.14 bits per heavy atom. The Morgan fingerprint density at radius 3 is 2.86 bits per heavy atom. The first-order valence-electron chi connectivity index (χ1n) is 7.08. The van der Waals surface area contributed by atoms with Crippen LogP contribution in [0.5, 0.6) is 0 Å². The molecule has 0 amide bonds. The fraction of sp³-hybridized carbons (Fsp3) is 0.400. The van der Waals surface area contributed by atoms with E-state index in [-0.39, 0.29) is 11.1 Å². The highest BCUT2D eigenvalue weighted by molar-refractivity contribution is 6.36. The third kappa shape index (κ3) is 3.23. The minimum atomic E-state index is -0.486. The summed E-state index contributed by atoms with van der Waals surface area (Å²) >= 11 is 11.9. The number of hydrogen-bond donors (Lipinski definition) is 2. The first-order chi connectivity index (χ1) is 10.1. The highest BCUT2D eigenvalue weighted by atomic mass is 35.5. The van der Waals surface area contributed by atoms with Crippen LogP contribution >= 0.6 is 23.2 Å². The molecule has 21 heavy (non-hydrogen) atoms. The molecule has 1 aromatic carbocycles. The van der Waals surface area contributed by atoms with Crippen LogP contribution in [0.1, 0.15) is 37.5 Å². The molecule has 1 saturated heterocycles. The first-order valence-corrected chi connectivity index (χ1v) is 7.84. The van der Waals surface area contributed by atoms with Crippen molar-refractivity contribution in [3.63, 3.8) is 0 Å². The predicted molar refractivity (Wildman–Crippen MR) is 83.2 cm³/mol. The number of aromatic nitrogens is 2. The summed E-state index contributed by atoms with van der Waals surface area (Å²) in [6.07, 6.45) is 6.36. The summed E-state index contributed by atoms with van der Waals surface area (Å²) in [6.45, 7) is 0.997. The van der Waals surface area contributed by atoms with Gasteiger partial charge in [0.15, 0.2) is 0 Å². The summed E-state index contributed by atoms with van der Waals surface area (Å²) in [5, 5.41) is 3.91. The van der Waals surface area contributed by atoms with Crippen LogP contribution in [0.15, 0.2) is 18.3 Å².